The maximum atomic E-state index is 12.8. The third-order valence-electron chi connectivity index (χ3n) is 5.98. The summed E-state index contributed by atoms with van der Waals surface area (Å²) in [7, 11) is 0. The van der Waals surface area contributed by atoms with E-state index in [0.29, 0.717) is 50.7 Å². The number of benzene rings is 1. The summed E-state index contributed by atoms with van der Waals surface area (Å²) in [6.07, 6.45) is 3.45. The Morgan fingerprint density at radius 2 is 1.63 bits per heavy atom. The van der Waals surface area contributed by atoms with E-state index < -0.39 is 0 Å². The number of carbonyl (C=O) groups excluding carboxylic acids is 3. The molecule has 6 heteroatoms. The SMILES string of the molecule is CCc1ccc(C(=O)N2CCN(C(=O)[C@H]3CC(=O)N(C4CC4)C3)CC2)cc1. The Morgan fingerprint density at radius 3 is 2.22 bits per heavy atom. The lowest BCUT2D eigenvalue weighted by atomic mass is 10.1. The summed E-state index contributed by atoms with van der Waals surface area (Å²) in [5.41, 5.74) is 1.92. The molecule has 4 rings (SSSR count). The van der Waals surface area contributed by atoms with Gasteiger partial charge in [0.05, 0.1) is 5.92 Å². The molecule has 2 saturated heterocycles. The van der Waals surface area contributed by atoms with Gasteiger partial charge in [-0.2, -0.15) is 0 Å². The zero-order valence-corrected chi connectivity index (χ0v) is 15.9. The van der Waals surface area contributed by atoms with E-state index in [0.717, 1.165) is 19.3 Å². The molecule has 2 aliphatic heterocycles. The third kappa shape index (κ3) is 3.70. The lowest BCUT2D eigenvalue weighted by molar-refractivity contribution is -0.137. The molecule has 0 spiro atoms. The van der Waals surface area contributed by atoms with Crippen molar-refractivity contribution in [1.82, 2.24) is 14.7 Å². The van der Waals surface area contributed by atoms with E-state index in [1.165, 1.54) is 5.56 Å². The Bertz CT molecular complexity index is 734. The van der Waals surface area contributed by atoms with E-state index in [4.69, 9.17) is 0 Å². The highest BCUT2D eigenvalue weighted by molar-refractivity contribution is 5.94. The Labute approximate surface area is 160 Å². The summed E-state index contributed by atoms with van der Waals surface area (Å²) >= 11 is 0. The van der Waals surface area contributed by atoms with Crippen LogP contribution in [0.15, 0.2) is 24.3 Å². The van der Waals surface area contributed by atoms with Gasteiger partial charge in [0.1, 0.15) is 0 Å². The minimum absolute atomic E-state index is 0.0284. The molecule has 1 atom stereocenters. The van der Waals surface area contributed by atoms with Gasteiger partial charge in [-0.3, -0.25) is 14.4 Å². The van der Waals surface area contributed by atoms with Crippen molar-refractivity contribution in [2.45, 2.75) is 38.6 Å². The van der Waals surface area contributed by atoms with E-state index in [-0.39, 0.29) is 23.6 Å². The predicted molar refractivity (Wildman–Crippen MR) is 101 cm³/mol. The maximum Gasteiger partial charge on any atom is 0.253 e. The standard InChI is InChI=1S/C21H27N3O3/c1-2-15-3-5-16(6-4-15)20(26)22-9-11-23(12-10-22)21(27)17-13-19(25)24(14-17)18-7-8-18/h3-6,17-18H,2,7-14H2,1H3/t17-/m0/s1. The number of aryl methyl sites for hydroxylation is 1. The lowest BCUT2D eigenvalue weighted by Gasteiger charge is -2.36. The molecule has 144 valence electrons. The van der Waals surface area contributed by atoms with Crippen molar-refractivity contribution in [1.29, 1.82) is 0 Å². The second-order valence-electron chi connectivity index (χ2n) is 7.85. The molecule has 1 saturated carbocycles. The van der Waals surface area contributed by atoms with Crippen LogP contribution in [0.5, 0.6) is 0 Å². The van der Waals surface area contributed by atoms with Crippen molar-refractivity contribution in [3.63, 3.8) is 0 Å². The first-order chi connectivity index (χ1) is 13.1. The topological polar surface area (TPSA) is 60.9 Å². The Morgan fingerprint density at radius 1 is 1.00 bits per heavy atom. The minimum Gasteiger partial charge on any atom is -0.339 e. The zero-order valence-electron chi connectivity index (χ0n) is 15.9. The molecule has 3 fully saturated rings. The molecule has 3 aliphatic rings. The molecule has 6 nitrogen and oxygen atoms in total. The molecule has 3 amide bonds. The first-order valence-corrected chi connectivity index (χ1v) is 10.0. The first kappa shape index (κ1) is 18.0. The van der Waals surface area contributed by atoms with Gasteiger partial charge in [0.2, 0.25) is 11.8 Å². The van der Waals surface area contributed by atoms with E-state index in [1.807, 2.05) is 39.0 Å². The zero-order chi connectivity index (χ0) is 19.0. The van der Waals surface area contributed by atoms with Gasteiger partial charge in [0, 0.05) is 50.7 Å². The van der Waals surface area contributed by atoms with Crippen molar-refractivity contribution in [3.8, 4) is 0 Å². The summed E-state index contributed by atoms with van der Waals surface area (Å²) in [6, 6.07) is 8.14. The van der Waals surface area contributed by atoms with Gasteiger partial charge in [-0.15, -0.1) is 0 Å². The highest BCUT2D eigenvalue weighted by Gasteiger charge is 2.43. The van der Waals surface area contributed by atoms with Crippen molar-refractivity contribution in [2.24, 2.45) is 5.92 Å². The van der Waals surface area contributed by atoms with Gasteiger partial charge in [-0.1, -0.05) is 19.1 Å². The predicted octanol–water partition coefficient (Wildman–Crippen LogP) is 1.54. The second-order valence-corrected chi connectivity index (χ2v) is 7.85. The number of amides is 3. The van der Waals surface area contributed by atoms with Crippen LogP contribution in [0.3, 0.4) is 0 Å². The van der Waals surface area contributed by atoms with Crippen LogP contribution in [0.2, 0.25) is 0 Å². The maximum absolute atomic E-state index is 12.8. The quantitative estimate of drug-likeness (QED) is 0.809. The van der Waals surface area contributed by atoms with Crippen molar-refractivity contribution in [3.05, 3.63) is 35.4 Å². The van der Waals surface area contributed by atoms with Crippen molar-refractivity contribution >= 4 is 17.7 Å². The number of hydrogen-bond donors (Lipinski definition) is 0. The van der Waals surface area contributed by atoms with Crippen LogP contribution in [0, 0.1) is 5.92 Å². The van der Waals surface area contributed by atoms with Crippen LogP contribution in [0.1, 0.15) is 42.1 Å². The van der Waals surface area contributed by atoms with Gasteiger partial charge < -0.3 is 14.7 Å². The number of likely N-dealkylation sites (tertiary alicyclic amines) is 1. The Balaban J connectivity index is 1.31. The van der Waals surface area contributed by atoms with Crippen LogP contribution in [0.25, 0.3) is 0 Å². The smallest absolute Gasteiger partial charge is 0.253 e. The van der Waals surface area contributed by atoms with Crippen molar-refractivity contribution in [2.75, 3.05) is 32.7 Å². The molecule has 1 aliphatic carbocycles. The minimum atomic E-state index is -0.207. The third-order valence-corrected chi connectivity index (χ3v) is 5.98. The average molecular weight is 369 g/mol. The average Bonchev–Trinajstić information content (AvgIpc) is 3.48. The number of hydrogen-bond acceptors (Lipinski definition) is 3. The molecule has 0 radical (unpaired) electrons. The second kappa shape index (κ2) is 7.33. The molecule has 1 aromatic carbocycles. The monoisotopic (exact) mass is 369 g/mol. The number of piperazine rings is 1. The molecule has 0 unspecified atom stereocenters. The van der Waals surface area contributed by atoms with E-state index >= 15 is 0 Å². The summed E-state index contributed by atoms with van der Waals surface area (Å²) < 4.78 is 0. The normalized spacial score (nSPS) is 23.1. The van der Waals surface area contributed by atoms with Crippen LogP contribution >= 0.6 is 0 Å². The molecule has 0 N–H and O–H groups in total. The van der Waals surface area contributed by atoms with E-state index in [1.54, 1.807) is 0 Å². The Hall–Kier alpha value is -2.37. The summed E-state index contributed by atoms with van der Waals surface area (Å²) in [6.45, 7) is 4.86. The summed E-state index contributed by atoms with van der Waals surface area (Å²) in [5, 5.41) is 0. The fourth-order valence-electron chi connectivity index (χ4n) is 4.09. The van der Waals surface area contributed by atoms with Gasteiger partial charge in [-0.05, 0) is 37.0 Å². The van der Waals surface area contributed by atoms with Gasteiger partial charge >= 0.3 is 0 Å². The molecular formula is C21H27N3O3. The molecule has 1 aromatic rings. The van der Waals surface area contributed by atoms with E-state index in [2.05, 4.69) is 6.92 Å². The largest absolute Gasteiger partial charge is 0.339 e. The number of nitrogens with zero attached hydrogens (tertiary/aromatic N) is 3. The number of rotatable bonds is 4. The summed E-state index contributed by atoms with van der Waals surface area (Å²) in [4.78, 5) is 43.1. The van der Waals surface area contributed by atoms with Crippen LogP contribution in [0.4, 0.5) is 0 Å². The highest BCUT2D eigenvalue weighted by Crippen LogP contribution is 2.33. The van der Waals surface area contributed by atoms with Gasteiger partial charge in [-0.25, -0.2) is 0 Å². The van der Waals surface area contributed by atoms with Gasteiger partial charge in [0.25, 0.3) is 5.91 Å². The fraction of sp³-hybridized carbons (Fsp3) is 0.571. The summed E-state index contributed by atoms with van der Waals surface area (Å²) in [5.74, 6) is 0.0220. The van der Waals surface area contributed by atoms with Crippen molar-refractivity contribution < 1.29 is 14.4 Å². The highest BCUT2D eigenvalue weighted by atomic mass is 16.2. The number of carbonyl (C=O) groups is 3. The van der Waals surface area contributed by atoms with Crippen LogP contribution < -0.4 is 0 Å². The molecule has 2 heterocycles. The molecule has 0 aromatic heterocycles. The molecule has 27 heavy (non-hydrogen) atoms. The molecule has 0 bridgehead atoms. The fourth-order valence-corrected chi connectivity index (χ4v) is 4.09. The molecular weight excluding hydrogens is 342 g/mol. The van der Waals surface area contributed by atoms with Gasteiger partial charge in [0.15, 0.2) is 0 Å². The van der Waals surface area contributed by atoms with Crippen LogP contribution in [-0.4, -0.2) is 71.2 Å². The van der Waals surface area contributed by atoms with Crippen LogP contribution in [-0.2, 0) is 16.0 Å². The lowest BCUT2D eigenvalue weighted by Crippen LogP contribution is -2.52. The first-order valence-electron chi connectivity index (χ1n) is 10.0. The Kier molecular flexibility index (Phi) is 4.89. The van der Waals surface area contributed by atoms with E-state index in [9.17, 15) is 14.4 Å².